The smallest absolute Gasteiger partial charge is 0.0714 e. The summed E-state index contributed by atoms with van der Waals surface area (Å²) >= 11 is 1.78. The summed E-state index contributed by atoms with van der Waals surface area (Å²) in [6, 6.07) is 83.0. The summed E-state index contributed by atoms with van der Waals surface area (Å²) in [4.78, 5) is 2.30. The molecular weight excluding hydrogens is 851 g/mol. The Morgan fingerprint density at radius 1 is 0.362 bits per heavy atom. The molecule has 69 heavy (non-hydrogen) atoms. The number of fused-ring (bicyclic) bond motifs is 6. The minimum Gasteiger partial charge on any atom is -0.310 e. The molecule has 1 aromatic heterocycles. The molecule has 11 aromatic carbocycles. The number of hydrogen-bond acceptors (Lipinski definition) is 2. The Morgan fingerprint density at radius 3 is 1.52 bits per heavy atom. The Kier molecular flexibility index (Phi) is 8.75. The van der Waals surface area contributed by atoms with Crippen LogP contribution in [0.4, 0.5) is 17.1 Å². The van der Waals surface area contributed by atoms with E-state index in [2.05, 4.69) is 217 Å². The van der Waals surface area contributed by atoms with Crippen molar-refractivity contribution in [2.75, 3.05) is 4.90 Å². The largest absolute Gasteiger partial charge is 0.310 e. The molecule has 0 amide bonds. The molecule has 1 aliphatic carbocycles. The molecule has 0 N–H and O–H groups in total. The molecule has 0 saturated heterocycles. The van der Waals surface area contributed by atoms with Gasteiger partial charge in [-0.25, -0.2) is 0 Å². The van der Waals surface area contributed by atoms with Gasteiger partial charge in [-0.2, -0.15) is 0 Å². The quantitative estimate of drug-likeness (QED) is 0.140. The molecule has 0 saturated carbocycles. The van der Waals surface area contributed by atoms with E-state index in [9.17, 15) is 5.48 Å². The van der Waals surface area contributed by atoms with Crippen LogP contribution < -0.4 is 4.90 Å². The zero-order chi connectivity index (χ0) is 50.1. The average molecular weight is 901 g/mol. The summed E-state index contributed by atoms with van der Waals surface area (Å²) < 4.78 is 49.6. The zero-order valence-electron chi connectivity index (χ0n) is 42.4. The summed E-state index contributed by atoms with van der Waals surface area (Å²) in [5, 5.41) is 2.43. The molecule has 1 heterocycles. The van der Waals surface area contributed by atoms with E-state index in [1.54, 1.807) is 11.3 Å². The van der Waals surface area contributed by atoms with Gasteiger partial charge in [-0.1, -0.05) is 230 Å². The second kappa shape index (κ2) is 16.9. The maximum atomic E-state index is 9.90. The predicted molar refractivity (Wildman–Crippen MR) is 293 cm³/mol. The Morgan fingerprint density at radius 2 is 0.884 bits per heavy atom. The second-order valence-electron chi connectivity index (χ2n) is 17.6. The standard InChI is InChI=1S/C67H45NS/c1-5-17-46(18-6-1)49-33-40-55(41-34-49)68(56-42-35-50(36-43-56)47-19-7-2-8-20-47)63-29-16-28-61-65(63)60-44-37-52(48-21-9-3-10-22-48)45-62(60)67(61,53-23-11-4-12-24-53)54-38-31-51(32-39-54)57-26-15-27-59-58-25-13-14-30-64(58)69-66(57)59/h1-45H/i4D,11D,12D,23D,24D. The molecule has 13 rings (SSSR count). The molecule has 1 nitrogen and oxygen atoms in total. The number of thiophene rings is 1. The normalized spacial score (nSPS) is 14.9. The van der Waals surface area contributed by atoms with Gasteiger partial charge in [-0.05, 0) is 115 Å². The van der Waals surface area contributed by atoms with Crippen LogP contribution in [0.2, 0.25) is 0 Å². The number of anilines is 3. The van der Waals surface area contributed by atoms with E-state index in [-0.39, 0.29) is 29.7 Å². The highest BCUT2D eigenvalue weighted by molar-refractivity contribution is 7.26. The maximum Gasteiger partial charge on any atom is 0.0714 e. The number of benzene rings is 11. The van der Waals surface area contributed by atoms with Gasteiger partial charge in [0.2, 0.25) is 0 Å². The molecule has 1 aliphatic rings. The van der Waals surface area contributed by atoms with Crippen molar-refractivity contribution in [3.05, 3.63) is 295 Å². The van der Waals surface area contributed by atoms with Gasteiger partial charge in [-0.3, -0.25) is 0 Å². The number of rotatable bonds is 9. The molecule has 0 aliphatic heterocycles. The summed E-state index contributed by atoms with van der Waals surface area (Å²) in [5.41, 5.74) is 14.4. The summed E-state index contributed by atoms with van der Waals surface area (Å²) in [5.74, 6) is 0. The van der Waals surface area contributed by atoms with Crippen LogP contribution in [0, 0.1) is 0 Å². The molecule has 1 atom stereocenters. The fourth-order valence-corrected chi connectivity index (χ4v) is 11.9. The lowest BCUT2D eigenvalue weighted by Gasteiger charge is -2.35. The van der Waals surface area contributed by atoms with Crippen LogP contribution in [0.15, 0.2) is 273 Å². The Balaban J connectivity index is 1.10. The molecule has 1 unspecified atom stereocenters. The molecule has 0 spiro atoms. The SMILES string of the molecule is [2H]c1c([2H])c([2H])c(C2(c3ccc(-c4cccc5c4sc4ccccc45)cc3)c3cc(-c4ccccc4)ccc3-c3c(N(c4ccc(-c5ccccc5)cc4)c4ccc(-c5ccccc5)cc4)cccc32)c([2H])c1[2H]. The third kappa shape index (κ3) is 6.83. The van der Waals surface area contributed by atoms with Crippen LogP contribution in [0.5, 0.6) is 0 Å². The van der Waals surface area contributed by atoms with Crippen LogP contribution in [-0.2, 0) is 5.41 Å². The van der Waals surface area contributed by atoms with Crippen LogP contribution in [0.1, 0.15) is 29.1 Å². The highest BCUT2D eigenvalue weighted by atomic mass is 32.1. The van der Waals surface area contributed by atoms with Crippen molar-refractivity contribution in [3.63, 3.8) is 0 Å². The van der Waals surface area contributed by atoms with Gasteiger partial charge in [0.15, 0.2) is 0 Å². The molecule has 12 aromatic rings. The lowest BCUT2D eigenvalue weighted by atomic mass is 9.67. The van der Waals surface area contributed by atoms with Crippen LogP contribution in [-0.4, -0.2) is 0 Å². The van der Waals surface area contributed by atoms with Gasteiger partial charge >= 0.3 is 0 Å². The van der Waals surface area contributed by atoms with E-state index in [1.165, 1.54) is 20.2 Å². The van der Waals surface area contributed by atoms with Crippen molar-refractivity contribution in [2.45, 2.75) is 5.41 Å². The Labute approximate surface area is 414 Å². The lowest BCUT2D eigenvalue weighted by molar-refractivity contribution is 0.769. The lowest BCUT2D eigenvalue weighted by Crippen LogP contribution is -2.28. The highest BCUT2D eigenvalue weighted by Crippen LogP contribution is 2.60. The first kappa shape index (κ1) is 35.6. The zero-order valence-corrected chi connectivity index (χ0v) is 38.3. The van der Waals surface area contributed by atoms with Crippen molar-refractivity contribution in [1.82, 2.24) is 0 Å². The van der Waals surface area contributed by atoms with Gasteiger partial charge in [0.05, 0.1) is 18.0 Å². The first-order valence-corrected chi connectivity index (χ1v) is 24.1. The molecule has 0 radical (unpaired) electrons. The fourth-order valence-electron chi connectivity index (χ4n) is 10.7. The first-order chi connectivity index (χ1) is 36.3. The van der Waals surface area contributed by atoms with Crippen LogP contribution >= 0.6 is 11.3 Å². The molecular formula is C67H45NS. The van der Waals surface area contributed by atoms with Gasteiger partial charge in [0, 0.05) is 37.1 Å². The van der Waals surface area contributed by atoms with E-state index in [4.69, 9.17) is 1.37 Å². The first-order valence-electron chi connectivity index (χ1n) is 25.8. The highest BCUT2D eigenvalue weighted by Gasteiger charge is 2.47. The van der Waals surface area contributed by atoms with Crippen molar-refractivity contribution in [1.29, 1.82) is 0 Å². The van der Waals surface area contributed by atoms with Gasteiger partial charge in [0.25, 0.3) is 0 Å². The molecule has 324 valence electrons. The van der Waals surface area contributed by atoms with Gasteiger partial charge < -0.3 is 4.90 Å². The minimum absolute atomic E-state index is 0.205. The second-order valence-corrected chi connectivity index (χ2v) is 18.6. The summed E-state index contributed by atoms with van der Waals surface area (Å²) in [6.45, 7) is 0. The molecule has 0 fully saturated rings. The van der Waals surface area contributed by atoms with E-state index >= 15 is 0 Å². The Hall–Kier alpha value is -8.56. The fraction of sp³-hybridized carbons (Fsp3) is 0.0149. The van der Waals surface area contributed by atoms with E-state index in [0.717, 1.165) is 89.4 Å². The number of hydrogen-bond donors (Lipinski definition) is 0. The topological polar surface area (TPSA) is 3.24 Å². The average Bonchev–Trinajstić information content (AvgIpc) is 4.00. The van der Waals surface area contributed by atoms with Gasteiger partial charge in [0.1, 0.15) is 0 Å². The predicted octanol–water partition coefficient (Wildman–Crippen LogP) is 18.6. The third-order valence-electron chi connectivity index (χ3n) is 13.9. The van der Waals surface area contributed by atoms with Crippen molar-refractivity contribution in [3.8, 4) is 55.6 Å². The van der Waals surface area contributed by atoms with E-state index in [0.29, 0.717) is 0 Å². The molecule has 2 heteroatoms. The van der Waals surface area contributed by atoms with Crippen molar-refractivity contribution >= 4 is 48.6 Å². The van der Waals surface area contributed by atoms with Gasteiger partial charge in [-0.15, -0.1) is 11.3 Å². The Bertz CT molecular complexity index is 3990. The summed E-state index contributed by atoms with van der Waals surface area (Å²) in [6.07, 6.45) is 0. The number of nitrogens with zero attached hydrogens (tertiary/aromatic N) is 1. The van der Waals surface area contributed by atoms with Crippen LogP contribution in [0.25, 0.3) is 75.8 Å². The van der Waals surface area contributed by atoms with E-state index < -0.39 is 11.5 Å². The molecule has 0 bridgehead atoms. The van der Waals surface area contributed by atoms with Crippen LogP contribution in [0.3, 0.4) is 0 Å². The monoisotopic (exact) mass is 900 g/mol. The summed E-state index contributed by atoms with van der Waals surface area (Å²) in [7, 11) is 0. The van der Waals surface area contributed by atoms with Crippen molar-refractivity contribution in [2.24, 2.45) is 0 Å². The minimum atomic E-state index is -1.39. The third-order valence-corrected chi connectivity index (χ3v) is 15.1. The maximum absolute atomic E-state index is 9.90. The van der Waals surface area contributed by atoms with E-state index in [1.807, 2.05) is 30.3 Å². The van der Waals surface area contributed by atoms with Crippen molar-refractivity contribution < 1.29 is 6.85 Å².